The quantitative estimate of drug-likeness (QED) is 0.744. The molecule has 1 heterocycles. The van der Waals surface area contributed by atoms with Crippen LogP contribution in [0, 0.1) is 24.1 Å². The van der Waals surface area contributed by atoms with Gasteiger partial charge in [0.2, 0.25) is 0 Å². The van der Waals surface area contributed by atoms with Crippen LogP contribution >= 0.6 is 0 Å². The first-order chi connectivity index (χ1) is 8.06. The van der Waals surface area contributed by atoms with Crippen molar-refractivity contribution in [1.82, 2.24) is 4.57 Å². The molecule has 0 aliphatic rings. The Morgan fingerprint density at radius 1 is 1.53 bits per heavy atom. The van der Waals surface area contributed by atoms with Crippen molar-refractivity contribution in [2.45, 2.75) is 13.3 Å². The van der Waals surface area contributed by atoms with E-state index in [1.807, 2.05) is 6.07 Å². The lowest BCUT2D eigenvalue weighted by atomic mass is 10.1. The molecular formula is C13H11FN2O. The number of carbonyl (C=O) groups excluding carboxylic acids is 1. The zero-order chi connectivity index (χ0) is 12.6. The predicted molar refractivity (Wildman–Crippen MR) is 62.2 cm³/mol. The topological polar surface area (TPSA) is 45.8 Å². The fourth-order valence-corrected chi connectivity index (χ4v) is 2.05. The number of fused-ring (bicyclic) bond motifs is 1. The van der Waals surface area contributed by atoms with Crippen LogP contribution in [0.5, 0.6) is 0 Å². The largest absolute Gasteiger partial charge is 0.347 e. The highest BCUT2D eigenvalue weighted by Crippen LogP contribution is 2.26. The van der Waals surface area contributed by atoms with Crippen LogP contribution in [-0.4, -0.2) is 10.4 Å². The summed E-state index contributed by atoms with van der Waals surface area (Å²) < 4.78 is 14.9. The summed E-state index contributed by atoms with van der Waals surface area (Å²) >= 11 is 0. The predicted octanol–water partition coefficient (Wildman–Crippen LogP) is 2.72. The van der Waals surface area contributed by atoms with Gasteiger partial charge in [-0.2, -0.15) is 5.26 Å². The Morgan fingerprint density at radius 2 is 2.24 bits per heavy atom. The van der Waals surface area contributed by atoms with E-state index in [0.717, 1.165) is 5.69 Å². The minimum absolute atomic E-state index is 0.155. The summed E-state index contributed by atoms with van der Waals surface area (Å²) in [5.74, 6) is -0.556. The van der Waals surface area contributed by atoms with E-state index in [1.54, 1.807) is 24.6 Å². The van der Waals surface area contributed by atoms with E-state index in [-0.39, 0.29) is 18.0 Å². The van der Waals surface area contributed by atoms with Crippen molar-refractivity contribution in [3.05, 3.63) is 35.3 Å². The van der Waals surface area contributed by atoms with Crippen molar-refractivity contribution < 1.29 is 9.18 Å². The second-order valence-electron chi connectivity index (χ2n) is 3.94. The number of nitriles is 1. The summed E-state index contributed by atoms with van der Waals surface area (Å²) in [5, 5.41) is 9.27. The van der Waals surface area contributed by atoms with Crippen molar-refractivity contribution in [3.8, 4) is 6.07 Å². The molecule has 0 aliphatic heterocycles. The van der Waals surface area contributed by atoms with E-state index in [1.165, 1.54) is 12.1 Å². The Bertz CT molecular complexity index is 649. The summed E-state index contributed by atoms with van der Waals surface area (Å²) in [4.78, 5) is 11.8. The highest BCUT2D eigenvalue weighted by Gasteiger charge is 2.18. The van der Waals surface area contributed by atoms with E-state index in [0.29, 0.717) is 16.5 Å². The van der Waals surface area contributed by atoms with Crippen molar-refractivity contribution >= 4 is 16.7 Å². The average Bonchev–Trinajstić information content (AvgIpc) is 2.53. The first-order valence-corrected chi connectivity index (χ1v) is 5.21. The molecular weight excluding hydrogens is 219 g/mol. The monoisotopic (exact) mass is 230 g/mol. The van der Waals surface area contributed by atoms with E-state index in [4.69, 9.17) is 5.26 Å². The number of aryl methyl sites for hydroxylation is 1. The Balaban J connectivity index is 2.76. The van der Waals surface area contributed by atoms with Crippen LogP contribution in [-0.2, 0) is 7.05 Å². The van der Waals surface area contributed by atoms with E-state index in [9.17, 15) is 9.18 Å². The molecule has 0 N–H and O–H groups in total. The van der Waals surface area contributed by atoms with E-state index < -0.39 is 0 Å². The molecule has 0 fully saturated rings. The molecule has 86 valence electrons. The summed E-state index contributed by atoms with van der Waals surface area (Å²) in [6, 6.07) is 6.15. The fraction of sp³-hybridized carbons (Fsp3) is 0.231. The second-order valence-corrected chi connectivity index (χ2v) is 3.94. The van der Waals surface area contributed by atoms with Crippen molar-refractivity contribution in [3.63, 3.8) is 0 Å². The number of hydrogen-bond donors (Lipinski definition) is 0. The minimum Gasteiger partial charge on any atom is -0.347 e. The standard InChI is InChI=1S/C13H11FN2O/c1-8-13(12(17)5-6-15)10-4-3-9(14)7-11(10)16(8)2/h3-4,7H,5H2,1-2H3. The molecule has 3 nitrogen and oxygen atoms in total. The Morgan fingerprint density at radius 3 is 2.88 bits per heavy atom. The Hall–Kier alpha value is -2.15. The van der Waals surface area contributed by atoms with Gasteiger partial charge in [0, 0.05) is 23.7 Å². The number of benzene rings is 1. The molecule has 4 heteroatoms. The molecule has 1 aromatic carbocycles. The maximum atomic E-state index is 13.2. The SMILES string of the molecule is Cc1c(C(=O)CC#N)c2ccc(F)cc2n1C. The van der Waals surface area contributed by atoms with Crippen LogP contribution in [0.4, 0.5) is 4.39 Å². The summed E-state index contributed by atoms with van der Waals surface area (Å²) in [7, 11) is 1.78. The third kappa shape index (κ3) is 1.70. The number of rotatable bonds is 2. The molecule has 2 aromatic rings. The van der Waals surface area contributed by atoms with Crippen molar-refractivity contribution in [2.75, 3.05) is 0 Å². The molecule has 2 rings (SSSR count). The summed E-state index contributed by atoms with van der Waals surface area (Å²) in [6.07, 6.45) is -0.155. The van der Waals surface area contributed by atoms with Gasteiger partial charge < -0.3 is 4.57 Å². The molecule has 0 saturated heterocycles. The number of ketones is 1. The van der Waals surface area contributed by atoms with E-state index >= 15 is 0 Å². The number of nitrogens with zero attached hydrogens (tertiary/aromatic N) is 2. The fourth-order valence-electron chi connectivity index (χ4n) is 2.05. The van der Waals surface area contributed by atoms with Gasteiger partial charge in [0.25, 0.3) is 0 Å². The van der Waals surface area contributed by atoms with Gasteiger partial charge in [-0.15, -0.1) is 0 Å². The summed E-state index contributed by atoms with van der Waals surface area (Å²) in [6.45, 7) is 1.79. The van der Waals surface area contributed by atoms with Gasteiger partial charge in [-0.1, -0.05) is 0 Å². The highest BCUT2D eigenvalue weighted by molar-refractivity contribution is 6.10. The smallest absolute Gasteiger partial charge is 0.179 e. The Kier molecular flexibility index (Phi) is 2.68. The Labute approximate surface area is 98.1 Å². The van der Waals surface area contributed by atoms with Gasteiger partial charge in [0.05, 0.1) is 18.0 Å². The molecule has 0 amide bonds. The zero-order valence-corrected chi connectivity index (χ0v) is 9.62. The number of carbonyl (C=O) groups is 1. The molecule has 0 aliphatic carbocycles. The molecule has 0 atom stereocenters. The van der Waals surface area contributed by atoms with E-state index in [2.05, 4.69) is 0 Å². The molecule has 0 saturated carbocycles. The average molecular weight is 230 g/mol. The van der Waals surface area contributed by atoms with Crippen molar-refractivity contribution in [2.24, 2.45) is 7.05 Å². The lowest BCUT2D eigenvalue weighted by molar-refractivity contribution is 0.0998. The molecule has 0 spiro atoms. The zero-order valence-electron chi connectivity index (χ0n) is 9.62. The van der Waals surface area contributed by atoms with Crippen LogP contribution in [0.2, 0.25) is 0 Å². The van der Waals surface area contributed by atoms with Crippen LogP contribution in [0.1, 0.15) is 22.5 Å². The van der Waals surface area contributed by atoms with Gasteiger partial charge in [0.15, 0.2) is 5.78 Å². The highest BCUT2D eigenvalue weighted by atomic mass is 19.1. The third-order valence-electron chi connectivity index (χ3n) is 2.97. The lowest BCUT2D eigenvalue weighted by Crippen LogP contribution is -2.00. The first kappa shape index (κ1) is 11.3. The molecule has 17 heavy (non-hydrogen) atoms. The maximum absolute atomic E-state index is 13.2. The van der Waals surface area contributed by atoms with Gasteiger partial charge in [-0.05, 0) is 25.1 Å². The van der Waals surface area contributed by atoms with Gasteiger partial charge in [-0.25, -0.2) is 4.39 Å². The van der Waals surface area contributed by atoms with Crippen molar-refractivity contribution in [1.29, 1.82) is 5.26 Å². The second kappa shape index (κ2) is 4.02. The minimum atomic E-state index is -0.336. The number of hydrogen-bond acceptors (Lipinski definition) is 2. The van der Waals surface area contributed by atoms with Gasteiger partial charge in [-0.3, -0.25) is 4.79 Å². The van der Waals surface area contributed by atoms with Crippen LogP contribution < -0.4 is 0 Å². The van der Waals surface area contributed by atoms with Crippen LogP contribution in [0.15, 0.2) is 18.2 Å². The van der Waals surface area contributed by atoms with Gasteiger partial charge in [0.1, 0.15) is 5.82 Å². The molecule has 0 unspecified atom stereocenters. The van der Waals surface area contributed by atoms with Gasteiger partial charge >= 0.3 is 0 Å². The van der Waals surface area contributed by atoms with Crippen LogP contribution in [0.25, 0.3) is 10.9 Å². The number of Topliss-reactive ketones (excluding diaryl/α,β-unsaturated/α-hetero) is 1. The van der Waals surface area contributed by atoms with Crippen LogP contribution in [0.3, 0.4) is 0 Å². The number of halogens is 1. The third-order valence-corrected chi connectivity index (χ3v) is 2.97. The normalized spacial score (nSPS) is 10.5. The molecule has 0 bridgehead atoms. The summed E-state index contributed by atoms with van der Waals surface area (Å²) in [5.41, 5.74) is 1.94. The lowest BCUT2D eigenvalue weighted by Gasteiger charge is -1.98. The maximum Gasteiger partial charge on any atom is 0.179 e. The molecule has 1 aromatic heterocycles. The molecule has 0 radical (unpaired) electrons. The number of aromatic nitrogens is 1. The first-order valence-electron chi connectivity index (χ1n) is 5.21.